The number of anilines is 1. The van der Waals surface area contributed by atoms with E-state index in [-0.39, 0.29) is 11.2 Å². The highest BCUT2D eigenvalue weighted by molar-refractivity contribution is 8.00. The number of benzene rings is 2. The van der Waals surface area contributed by atoms with Gasteiger partial charge in [0.15, 0.2) is 0 Å². The van der Waals surface area contributed by atoms with Crippen LogP contribution in [0.1, 0.15) is 10.8 Å². The molecule has 0 bridgehead atoms. The van der Waals surface area contributed by atoms with E-state index in [2.05, 4.69) is 6.07 Å². The summed E-state index contributed by atoms with van der Waals surface area (Å²) in [5, 5.41) is 10.6. The normalized spacial score (nSPS) is 19.5. The lowest BCUT2D eigenvalue weighted by atomic mass is 10.1. The highest BCUT2D eigenvalue weighted by atomic mass is 32.2. The van der Waals surface area contributed by atoms with Gasteiger partial charge in [0.05, 0.1) is 18.0 Å². The largest absolute Gasteiger partial charge is 0.497 e. The van der Waals surface area contributed by atoms with E-state index in [0.29, 0.717) is 6.54 Å². The minimum atomic E-state index is -1.12. The van der Waals surface area contributed by atoms with Gasteiger partial charge in [0.25, 0.3) is 5.91 Å². The van der Waals surface area contributed by atoms with Gasteiger partial charge < -0.3 is 19.6 Å². The van der Waals surface area contributed by atoms with Crippen molar-refractivity contribution in [3.05, 3.63) is 48.0 Å². The fourth-order valence-electron chi connectivity index (χ4n) is 3.12. The fraction of sp³-hybridized carbons (Fsp3) is 0.381. The Hall–Kier alpha value is -1.67. The summed E-state index contributed by atoms with van der Waals surface area (Å²) in [5.41, 5.74) is 1.77. The minimum Gasteiger partial charge on any atom is -0.497 e. The van der Waals surface area contributed by atoms with Crippen LogP contribution in [-0.4, -0.2) is 62.6 Å². The Morgan fingerprint density at radius 2 is 1.93 bits per heavy atom. The quantitative estimate of drug-likeness (QED) is 0.725. The Balaban J connectivity index is 2.02. The summed E-state index contributed by atoms with van der Waals surface area (Å²) >= 11 is 3.21. The number of likely N-dealkylation sites (N-methyl/N-ethyl adjacent to an activating group) is 1. The third-order valence-corrected chi connectivity index (χ3v) is 6.82. The molecule has 0 saturated heterocycles. The van der Waals surface area contributed by atoms with Crippen molar-refractivity contribution in [3.8, 4) is 5.75 Å². The monoisotopic (exact) mass is 418 g/mol. The number of methoxy groups -OCH3 is 1. The Kier molecular flexibility index (Phi) is 6.93. The number of nitrogens with zero attached hydrogens (tertiary/aromatic N) is 2. The van der Waals surface area contributed by atoms with Crippen molar-refractivity contribution in [1.82, 2.24) is 4.90 Å². The number of aliphatic hydroxyl groups is 1. The highest BCUT2D eigenvalue weighted by Crippen LogP contribution is 2.46. The molecular weight excluding hydrogens is 392 g/mol. The van der Waals surface area contributed by atoms with Crippen LogP contribution in [0.25, 0.3) is 0 Å². The summed E-state index contributed by atoms with van der Waals surface area (Å²) < 4.78 is 5.24. The molecule has 1 aliphatic rings. The summed E-state index contributed by atoms with van der Waals surface area (Å²) in [4.78, 5) is 19.1. The SMILES string of the molecule is COc1ccc([C@@H]2Sc3cc(SC)ccc3N(CCN(C)C)C(=O)[C@@H]2O)cc1. The van der Waals surface area contributed by atoms with Crippen LogP contribution in [0.15, 0.2) is 52.3 Å². The maximum atomic E-state index is 13.2. The van der Waals surface area contributed by atoms with Gasteiger partial charge in [-0.15, -0.1) is 23.5 Å². The molecule has 2 atom stereocenters. The van der Waals surface area contributed by atoms with Crippen molar-refractivity contribution < 1.29 is 14.6 Å². The Morgan fingerprint density at radius 3 is 2.54 bits per heavy atom. The van der Waals surface area contributed by atoms with Crippen LogP contribution >= 0.6 is 23.5 Å². The van der Waals surface area contributed by atoms with Gasteiger partial charge in [0.1, 0.15) is 11.9 Å². The average molecular weight is 419 g/mol. The summed E-state index contributed by atoms with van der Waals surface area (Å²) in [5.74, 6) is 0.492. The van der Waals surface area contributed by atoms with Gasteiger partial charge in [-0.05, 0) is 56.2 Å². The van der Waals surface area contributed by atoms with Gasteiger partial charge in [-0.25, -0.2) is 0 Å². The number of hydrogen-bond donors (Lipinski definition) is 1. The molecule has 0 aromatic heterocycles. The molecule has 1 aliphatic heterocycles. The molecular formula is C21H26N2O3S2. The van der Waals surface area contributed by atoms with Crippen LogP contribution in [-0.2, 0) is 4.79 Å². The number of carbonyl (C=O) groups excluding carboxylic acids is 1. The maximum absolute atomic E-state index is 13.2. The molecule has 1 N–H and O–H groups in total. The highest BCUT2D eigenvalue weighted by Gasteiger charge is 2.37. The van der Waals surface area contributed by atoms with Gasteiger partial charge >= 0.3 is 0 Å². The predicted octanol–water partition coefficient (Wildman–Crippen LogP) is 3.52. The standard InChI is InChI=1S/C21H26N2O3S2/c1-22(2)11-12-23-17-10-9-16(27-4)13-18(17)28-20(19(24)21(23)25)14-5-7-15(26-3)8-6-14/h5-10,13,19-20,24H,11-12H2,1-4H3/t19-,20+/m1/s1. The minimum absolute atomic E-state index is 0.259. The van der Waals surface area contributed by atoms with Crippen molar-refractivity contribution in [3.63, 3.8) is 0 Å². The van der Waals surface area contributed by atoms with E-state index >= 15 is 0 Å². The van der Waals surface area contributed by atoms with E-state index in [1.165, 1.54) is 0 Å². The van der Waals surface area contributed by atoms with Crippen molar-refractivity contribution in [2.75, 3.05) is 45.5 Å². The molecule has 28 heavy (non-hydrogen) atoms. The van der Waals surface area contributed by atoms with Crippen molar-refractivity contribution in [1.29, 1.82) is 0 Å². The predicted molar refractivity (Wildman–Crippen MR) is 117 cm³/mol. The second-order valence-corrected chi connectivity index (χ2v) is 8.95. The molecule has 0 aliphatic carbocycles. The van der Waals surface area contributed by atoms with E-state index in [4.69, 9.17) is 4.74 Å². The van der Waals surface area contributed by atoms with Crippen LogP contribution in [0.5, 0.6) is 5.75 Å². The first-order valence-electron chi connectivity index (χ1n) is 9.07. The number of carbonyl (C=O) groups is 1. The van der Waals surface area contributed by atoms with Crippen LogP contribution in [0, 0.1) is 0 Å². The van der Waals surface area contributed by atoms with Gasteiger partial charge in [0.2, 0.25) is 0 Å². The zero-order chi connectivity index (χ0) is 20.3. The molecule has 5 nitrogen and oxygen atoms in total. The molecule has 1 heterocycles. The smallest absolute Gasteiger partial charge is 0.257 e. The second-order valence-electron chi connectivity index (χ2n) is 6.88. The molecule has 2 aromatic rings. The average Bonchev–Trinajstić information content (AvgIpc) is 2.81. The number of hydrogen-bond acceptors (Lipinski definition) is 6. The van der Waals surface area contributed by atoms with E-state index in [0.717, 1.165) is 33.3 Å². The lowest BCUT2D eigenvalue weighted by molar-refractivity contribution is -0.126. The number of aliphatic hydroxyl groups excluding tert-OH is 1. The lowest BCUT2D eigenvalue weighted by Gasteiger charge is -2.26. The first-order chi connectivity index (χ1) is 13.4. The number of ether oxygens (including phenoxy) is 1. The van der Waals surface area contributed by atoms with E-state index in [1.807, 2.05) is 61.6 Å². The molecule has 0 saturated carbocycles. The van der Waals surface area contributed by atoms with Gasteiger partial charge in [0, 0.05) is 22.9 Å². The molecule has 0 radical (unpaired) electrons. The van der Waals surface area contributed by atoms with E-state index in [1.54, 1.807) is 35.5 Å². The van der Waals surface area contributed by atoms with Crippen LogP contribution < -0.4 is 9.64 Å². The van der Waals surface area contributed by atoms with Crippen LogP contribution in [0.4, 0.5) is 5.69 Å². The van der Waals surface area contributed by atoms with Gasteiger partial charge in [-0.2, -0.15) is 0 Å². The molecule has 0 fully saturated rings. The lowest BCUT2D eigenvalue weighted by Crippen LogP contribution is -2.43. The van der Waals surface area contributed by atoms with Crippen molar-refractivity contribution >= 4 is 35.1 Å². The molecule has 150 valence electrons. The summed E-state index contributed by atoms with van der Waals surface area (Å²) in [6.07, 6.45) is 0.916. The zero-order valence-electron chi connectivity index (χ0n) is 16.6. The van der Waals surface area contributed by atoms with E-state index < -0.39 is 6.10 Å². The van der Waals surface area contributed by atoms with E-state index in [9.17, 15) is 9.90 Å². The Morgan fingerprint density at radius 1 is 1.21 bits per heavy atom. The number of fused-ring (bicyclic) bond motifs is 1. The summed E-state index contributed by atoms with van der Waals surface area (Å²) in [6.45, 7) is 1.25. The number of rotatable bonds is 6. The number of amides is 1. The fourth-order valence-corrected chi connectivity index (χ4v) is 4.94. The Bertz CT molecular complexity index is 827. The zero-order valence-corrected chi connectivity index (χ0v) is 18.2. The first kappa shape index (κ1) is 21.0. The van der Waals surface area contributed by atoms with Gasteiger partial charge in [-0.1, -0.05) is 12.1 Å². The molecule has 0 spiro atoms. The molecule has 7 heteroatoms. The van der Waals surface area contributed by atoms with Crippen LogP contribution in [0.2, 0.25) is 0 Å². The first-order valence-corrected chi connectivity index (χ1v) is 11.2. The maximum Gasteiger partial charge on any atom is 0.257 e. The summed E-state index contributed by atoms with van der Waals surface area (Å²) in [7, 11) is 5.58. The topological polar surface area (TPSA) is 53.0 Å². The van der Waals surface area contributed by atoms with Crippen molar-refractivity contribution in [2.45, 2.75) is 21.1 Å². The number of thioether (sulfide) groups is 2. The molecule has 2 aromatic carbocycles. The van der Waals surface area contributed by atoms with Crippen molar-refractivity contribution in [2.24, 2.45) is 0 Å². The molecule has 1 amide bonds. The summed E-state index contributed by atoms with van der Waals surface area (Å²) in [6, 6.07) is 13.7. The third kappa shape index (κ3) is 4.49. The second kappa shape index (κ2) is 9.22. The molecule has 3 rings (SSSR count). The third-order valence-electron chi connectivity index (χ3n) is 4.73. The van der Waals surface area contributed by atoms with Gasteiger partial charge in [-0.3, -0.25) is 4.79 Å². The Labute approximate surface area is 175 Å². The molecule has 0 unspecified atom stereocenters. The van der Waals surface area contributed by atoms with Crippen LogP contribution in [0.3, 0.4) is 0 Å².